The molecule has 1 aliphatic rings. The Morgan fingerprint density at radius 2 is 1.94 bits per heavy atom. The van der Waals surface area contributed by atoms with Crippen LogP contribution in [0.1, 0.15) is 52.9 Å². The van der Waals surface area contributed by atoms with Gasteiger partial charge in [-0.2, -0.15) is 0 Å². The lowest BCUT2D eigenvalue weighted by atomic mass is 9.82. The summed E-state index contributed by atoms with van der Waals surface area (Å²) in [5.41, 5.74) is 5.15. The van der Waals surface area contributed by atoms with Crippen molar-refractivity contribution in [3.63, 3.8) is 0 Å². The number of hydrogen-bond acceptors (Lipinski definition) is 5. The van der Waals surface area contributed by atoms with E-state index in [1.165, 1.54) is 7.11 Å². The van der Waals surface area contributed by atoms with Crippen LogP contribution in [0.4, 0.5) is 0 Å². The summed E-state index contributed by atoms with van der Waals surface area (Å²) in [6.07, 6.45) is 12.0. The Balaban J connectivity index is 3.57. The van der Waals surface area contributed by atoms with Gasteiger partial charge in [0, 0.05) is 12.0 Å². The van der Waals surface area contributed by atoms with Crippen LogP contribution in [0.3, 0.4) is 0 Å². The van der Waals surface area contributed by atoms with Crippen LogP contribution in [-0.2, 0) is 23.9 Å². The molecule has 0 radical (unpaired) electrons. The predicted octanol–water partition coefficient (Wildman–Crippen LogP) is 5.36. The van der Waals surface area contributed by atoms with Crippen molar-refractivity contribution in [1.82, 2.24) is 0 Å². The zero-order chi connectivity index (χ0) is 23.4. The van der Waals surface area contributed by atoms with Crippen LogP contribution in [0.15, 0.2) is 69.8 Å². The number of rotatable bonds is 13. The smallest absolute Gasteiger partial charge is 0.153 e. The van der Waals surface area contributed by atoms with Crippen LogP contribution in [0.25, 0.3) is 0 Å². The van der Waals surface area contributed by atoms with E-state index in [4.69, 9.17) is 9.47 Å². The van der Waals surface area contributed by atoms with Gasteiger partial charge in [-0.25, -0.2) is 0 Å². The van der Waals surface area contributed by atoms with Crippen molar-refractivity contribution in [3.05, 3.63) is 69.8 Å². The number of methoxy groups -OCH3 is 2. The van der Waals surface area contributed by atoms with Gasteiger partial charge in [-0.1, -0.05) is 31.7 Å². The largest absolute Gasteiger partial charge is 0.500 e. The summed E-state index contributed by atoms with van der Waals surface area (Å²) < 4.78 is 10.8. The fourth-order valence-electron chi connectivity index (χ4n) is 3.84. The first kappa shape index (κ1) is 26.1. The average molecular weight is 427 g/mol. The maximum absolute atomic E-state index is 11.7. The standard InChI is InChI=1S/C26H34O5/c1-7-21(13-18(2)25(30-5)20(4)16-28)24(11-9-8-10-12-27)22-14-19(3)26(31-6)23(15-22)17-29/h11-14,16-17,23H,4,7-10,15H2,1-3,5-6H3/b21-13+,24-11-,25-18+/t23-/m1/s1. The van der Waals surface area contributed by atoms with Gasteiger partial charge in [0.15, 0.2) is 6.29 Å². The minimum absolute atomic E-state index is 0.282. The Morgan fingerprint density at radius 3 is 2.45 bits per heavy atom. The molecule has 0 aromatic carbocycles. The highest BCUT2D eigenvalue weighted by atomic mass is 16.5. The molecule has 0 saturated carbocycles. The third-order valence-electron chi connectivity index (χ3n) is 5.27. The van der Waals surface area contributed by atoms with Gasteiger partial charge in [-0.05, 0) is 67.4 Å². The van der Waals surface area contributed by atoms with Gasteiger partial charge in [0.25, 0.3) is 0 Å². The lowest BCUT2D eigenvalue weighted by Gasteiger charge is -2.25. The van der Waals surface area contributed by atoms with Gasteiger partial charge in [0.2, 0.25) is 0 Å². The molecule has 0 aliphatic heterocycles. The van der Waals surface area contributed by atoms with Crippen LogP contribution >= 0.6 is 0 Å². The van der Waals surface area contributed by atoms with Crippen molar-refractivity contribution in [3.8, 4) is 0 Å². The van der Waals surface area contributed by atoms with E-state index in [-0.39, 0.29) is 11.5 Å². The highest BCUT2D eigenvalue weighted by Crippen LogP contribution is 2.36. The summed E-state index contributed by atoms with van der Waals surface area (Å²) in [4.78, 5) is 33.6. The van der Waals surface area contributed by atoms with E-state index in [2.05, 4.69) is 25.7 Å². The molecular weight excluding hydrogens is 392 g/mol. The normalized spacial score (nSPS) is 18.1. The molecule has 0 bridgehead atoms. The number of aldehydes is 3. The monoisotopic (exact) mass is 426 g/mol. The summed E-state index contributed by atoms with van der Waals surface area (Å²) in [6, 6.07) is 0. The average Bonchev–Trinajstić information content (AvgIpc) is 2.77. The SMILES string of the molecule is C=C(C=O)\C(OC)=C(C)/C=C(CC)/C(=C/CCCC=O)C1=CC(C)=C(OC)[C@@H](C=O)C1. The topological polar surface area (TPSA) is 69.7 Å². The summed E-state index contributed by atoms with van der Waals surface area (Å²) in [6.45, 7) is 9.63. The van der Waals surface area contributed by atoms with Gasteiger partial charge in [0.1, 0.15) is 24.1 Å². The van der Waals surface area contributed by atoms with E-state index in [1.807, 2.05) is 19.9 Å². The Labute approximate surface area is 185 Å². The van der Waals surface area contributed by atoms with Crippen LogP contribution in [0.2, 0.25) is 0 Å². The molecule has 1 atom stereocenters. The van der Waals surface area contributed by atoms with E-state index in [0.29, 0.717) is 30.6 Å². The molecule has 0 aromatic rings. The fourth-order valence-corrected chi connectivity index (χ4v) is 3.84. The fraction of sp³-hybridized carbons (Fsp3) is 0.423. The highest BCUT2D eigenvalue weighted by molar-refractivity contribution is 5.78. The van der Waals surface area contributed by atoms with Gasteiger partial charge < -0.3 is 19.1 Å². The zero-order valence-electron chi connectivity index (χ0n) is 19.3. The van der Waals surface area contributed by atoms with Crippen LogP contribution in [0.5, 0.6) is 0 Å². The molecule has 0 aromatic heterocycles. The Hall–Kier alpha value is -2.95. The Kier molecular flexibility index (Phi) is 11.3. The van der Waals surface area contributed by atoms with E-state index < -0.39 is 0 Å². The van der Waals surface area contributed by atoms with E-state index in [0.717, 1.165) is 59.7 Å². The van der Waals surface area contributed by atoms with E-state index >= 15 is 0 Å². The third-order valence-corrected chi connectivity index (χ3v) is 5.27. The number of carbonyl (C=O) groups excluding carboxylic acids is 3. The summed E-state index contributed by atoms with van der Waals surface area (Å²) >= 11 is 0. The van der Waals surface area contributed by atoms with Gasteiger partial charge in [-0.15, -0.1) is 0 Å². The van der Waals surface area contributed by atoms with Crippen molar-refractivity contribution >= 4 is 18.9 Å². The molecule has 5 heteroatoms. The van der Waals surface area contributed by atoms with Crippen LogP contribution in [-0.4, -0.2) is 33.1 Å². The maximum atomic E-state index is 11.7. The number of unbranched alkanes of at least 4 members (excludes halogenated alkanes) is 2. The zero-order valence-corrected chi connectivity index (χ0v) is 19.3. The molecule has 31 heavy (non-hydrogen) atoms. The minimum Gasteiger partial charge on any atom is -0.500 e. The highest BCUT2D eigenvalue weighted by Gasteiger charge is 2.25. The molecule has 1 aliphatic carbocycles. The van der Waals surface area contributed by atoms with Crippen molar-refractivity contribution in [1.29, 1.82) is 0 Å². The quantitative estimate of drug-likeness (QED) is 0.130. The van der Waals surface area contributed by atoms with Gasteiger partial charge >= 0.3 is 0 Å². The third kappa shape index (κ3) is 7.06. The molecule has 0 spiro atoms. The van der Waals surface area contributed by atoms with Crippen LogP contribution in [0, 0.1) is 5.92 Å². The Morgan fingerprint density at radius 1 is 1.23 bits per heavy atom. The van der Waals surface area contributed by atoms with Crippen molar-refractivity contribution in [2.24, 2.45) is 5.92 Å². The lowest BCUT2D eigenvalue weighted by Crippen LogP contribution is -2.16. The molecule has 5 nitrogen and oxygen atoms in total. The molecule has 0 unspecified atom stereocenters. The molecule has 1 rings (SSSR count). The molecule has 0 N–H and O–H groups in total. The second kappa shape index (κ2) is 13.4. The Bertz CT molecular complexity index is 849. The first-order valence-electron chi connectivity index (χ1n) is 10.5. The minimum atomic E-state index is -0.331. The first-order chi connectivity index (χ1) is 14.9. The number of ether oxygens (including phenoxy) is 2. The molecule has 0 amide bonds. The van der Waals surface area contributed by atoms with Crippen molar-refractivity contribution < 1.29 is 23.9 Å². The second-order valence-corrected chi connectivity index (χ2v) is 7.47. The van der Waals surface area contributed by atoms with E-state index in [9.17, 15) is 14.4 Å². The first-order valence-corrected chi connectivity index (χ1v) is 10.5. The second-order valence-electron chi connectivity index (χ2n) is 7.47. The summed E-state index contributed by atoms with van der Waals surface area (Å²) in [5.74, 6) is 0.811. The molecular formula is C26H34O5. The summed E-state index contributed by atoms with van der Waals surface area (Å²) in [5, 5.41) is 0. The van der Waals surface area contributed by atoms with Gasteiger partial charge in [-0.3, -0.25) is 4.79 Å². The van der Waals surface area contributed by atoms with Crippen molar-refractivity contribution in [2.45, 2.75) is 52.9 Å². The number of carbonyl (C=O) groups is 3. The number of hydrogen-bond donors (Lipinski definition) is 0. The molecule has 168 valence electrons. The molecule has 0 saturated heterocycles. The molecule has 0 heterocycles. The van der Waals surface area contributed by atoms with Crippen LogP contribution < -0.4 is 0 Å². The predicted molar refractivity (Wildman–Crippen MR) is 123 cm³/mol. The number of allylic oxidation sites excluding steroid dienone is 10. The van der Waals surface area contributed by atoms with Gasteiger partial charge in [0.05, 0.1) is 20.1 Å². The molecule has 0 fully saturated rings. The maximum Gasteiger partial charge on any atom is 0.153 e. The summed E-state index contributed by atoms with van der Waals surface area (Å²) in [7, 11) is 3.10. The van der Waals surface area contributed by atoms with E-state index in [1.54, 1.807) is 7.11 Å². The van der Waals surface area contributed by atoms with Crippen molar-refractivity contribution in [2.75, 3.05) is 14.2 Å². The lowest BCUT2D eigenvalue weighted by molar-refractivity contribution is -0.111.